The van der Waals surface area contributed by atoms with Crippen molar-refractivity contribution >= 4 is 17.8 Å². The SMILES string of the molecule is CCOC(=O)c1coc(N2CCN(Cc3ccc(C(=O)c4ccccc4)cc3)CC2)n1. The van der Waals surface area contributed by atoms with Crippen LogP contribution in [0.1, 0.15) is 38.9 Å². The number of piperazine rings is 1. The summed E-state index contributed by atoms with van der Waals surface area (Å²) in [5.74, 6) is -0.431. The molecule has 0 saturated carbocycles. The fourth-order valence-electron chi connectivity index (χ4n) is 3.58. The number of esters is 1. The number of benzene rings is 2. The number of ether oxygens (including phenoxy) is 1. The van der Waals surface area contributed by atoms with Crippen molar-refractivity contribution in [2.75, 3.05) is 37.7 Å². The van der Waals surface area contributed by atoms with Crippen LogP contribution in [0, 0.1) is 0 Å². The van der Waals surface area contributed by atoms with E-state index in [1.54, 1.807) is 6.92 Å². The van der Waals surface area contributed by atoms with E-state index >= 15 is 0 Å². The van der Waals surface area contributed by atoms with Gasteiger partial charge in [-0.3, -0.25) is 9.69 Å². The molecule has 7 nitrogen and oxygen atoms in total. The monoisotopic (exact) mass is 419 g/mol. The second kappa shape index (κ2) is 9.57. The van der Waals surface area contributed by atoms with Crippen molar-refractivity contribution in [1.29, 1.82) is 0 Å². The van der Waals surface area contributed by atoms with E-state index in [0.29, 0.717) is 23.7 Å². The Morgan fingerprint density at radius 3 is 2.32 bits per heavy atom. The van der Waals surface area contributed by atoms with Crippen molar-refractivity contribution in [3.05, 3.63) is 83.2 Å². The molecule has 0 amide bonds. The number of rotatable bonds is 7. The van der Waals surface area contributed by atoms with Crippen LogP contribution < -0.4 is 4.90 Å². The number of nitrogens with zero attached hydrogens (tertiary/aromatic N) is 3. The smallest absolute Gasteiger partial charge is 0.360 e. The highest BCUT2D eigenvalue weighted by atomic mass is 16.5. The molecular weight excluding hydrogens is 394 g/mol. The standard InChI is InChI=1S/C24H25N3O4/c1-2-30-23(29)21-17-31-24(25-21)27-14-12-26(13-15-27)16-18-8-10-20(11-9-18)22(28)19-6-4-3-5-7-19/h3-11,17H,2,12-16H2,1H3. The lowest BCUT2D eigenvalue weighted by molar-refractivity contribution is 0.0519. The quantitative estimate of drug-likeness (QED) is 0.429. The predicted molar refractivity (Wildman–Crippen MR) is 116 cm³/mol. The van der Waals surface area contributed by atoms with Gasteiger partial charge in [-0.15, -0.1) is 0 Å². The Kier molecular flexibility index (Phi) is 6.43. The van der Waals surface area contributed by atoms with Crippen LogP contribution in [0.5, 0.6) is 0 Å². The number of hydrogen-bond donors (Lipinski definition) is 0. The van der Waals surface area contributed by atoms with Gasteiger partial charge < -0.3 is 14.1 Å². The molecule has 0 spiro atoms. The maximum atomic E-state index is 12.5. The lowest BCUT2D eigenvalue weighted by Gasteiger charge is -2.33. The number of carbonyl (C=O) groups excluding carboxylic acids is 2. The Bertz CT molecular complexity index is 1020. The summed E-state index contributed by atoms with van der Waals surface area (Å²) in [5, 5.41) is 0. The first-order chi connectivity index (χ1) is 15.1. The van der Waals surface area contributed by atoms with E-state index < -0.39 is 5.97 Å². The van der Waals surface area contributed by atoms with E-state index in [9.17, 15) is 9.59 Å². The van der Waals surface area contributed by atoms with Gasteiger partial charge in [-0.25, -0.2) is 4.79 Å². The largest absolute Gasteiger partial charge is 0.461 e. The molecule has 0 unspecified atom stereocenters. The number of carbonyl (C=O) groups is 2. The van der Waals surface area contributed by atoms with Gasteiger partial charge >= 0.3 is 5.97 Å². The summed E-state index contributed by atoms with van der Waals surface area (Å²) in [5.41, 5.74) is 2.76. The van der Waals surface area contributed by atoms with Crippen molar-refractivity contribution in [1.82, 2.24) is 9.88 Å². The molecule has 0 bridgehead atoms. The molecule has 1 aromatic heterocycles. The van der Waals surface area contributed by atoms with Crippen LogP contribution in [-0.4, -0.2) is 54.4 Å². The summed E-state index contributed by atoms with van der Waals surface area (Å²) in [6.45, 7) is 6.09. The topological polar surface area (TPSA) is 75.9 Å². The van der Waals surface area contributed by atoms with Crippen molar-refractivity contribution in [3.8, 4) is 0 Å². The summed E-state index contributed by atoms with van der Waals surface area (Å²) in [4.78, 5) is 32.9. The third kappa shape index (κ3) is 5.00. The van der Waals surface area contributed by atoms with Crippen LogP contribution in [0.4, 0.5) is 6.01 Å². The third-order valence-electron chi connectivity index (χ3n) is 5.28. The van der Waals surface area contributed by atoms with Crippen molar-refractivity contribution in [2.24, 2.45) is 0 Å². The Labute approximate surface area is 181 Å². The Morgan fingerprint density at radius 2 is 1.65 bits per heavy atom. The van der Waals surface area contributed by atoms with Gasteiger partial charge in [0.15, 0.2) is 11.5 Å². The average Bonchev–Trinajstić information content (AvgIpc) is 3.31. The summed E-state index contributed by atoms with van der Waals surface area (Å²) < 4.78 is 10.4. The first-order valence-corrected chi connectivity index (χ1v) is 10.4. The number of anilines is 1. The van der Waals surface area contributed by atoms with Crippen molar-refractivity contribution in [2.45, 2.75) is 13.5 Å². The molecule has 2 aromatic carbocycles. The molecule has 0 aliphatic carbocycles. The molecule has 0 atom stereocenters. The Hall–Kier alpha value is -3.45. The number of hydrogen-bond acceptors (Lipinski definition) is 7. The number of ketones is 1. The van der Waals surface area contributed by atoms with Gasteiger partial charge in [0, 0.05) is 43.9 Å². The van der Waals surface area contributed by atoms with E-state index in [1.807, 2.05) is 59.5 Å². The highest BCUT2D eigenvalue weighted by Crippen LogP contribution is 2.18. The molecule has 0 N–H and O–H groups in total. The zero-order valence-corrected chi connectivity index (χ0v) is 17.5. The lowest BCUT2D eigenvalue weighted by Crippen LogP contribution is -2.46. The molecule has 1 aliphatic heterocycles. The minimum atomic E-state index is -0.467. The fourth-order valence-corrected chi connectivity index (χ4v) is 3.58. The molecule has 4 rings (SSSR count). The van der Waals surface area contributed by atoms with E-state index in [1.165, 1.54) is 11.8 Å². The number of oxazole rings is 1. The maximum absolute atomic E-state index is 12.5. The average molecular weight is 419 g/mol. The minimum absolute atomic E-state index is 0.0360. The molecule has 2 heterocycles. The Morgan fingerprint density at radius 1 is 0.968 bits per heavy atom. The lowest BCUT2D eigenvalue weighted by atomic mass is 10.0. The zero-order valence-electron chi connectivity index (χ0n) is 17.5. The molecule has 7 heteroatoms. The molecule has 1 aliphatic rings. The van der Waals surface area contributed by atoms with Crippen LogP contribution in [0.3, 0.4) is 0 Å². The van der Waals surface area contributed by atoms with Gasteiger partial charge in [-0.1, -0.05) is 54.6 Å². The predicted octanol–water partition coefficient (Wildman–Crippen LogP) is 3.40. The van der Waals surface area contributed by atoms with Crippen LogP contribution >= 0.6 is 0 Å². The molecular formula is C24H25N3O4. The summed E-state index contributed by atoms with van der Waals surface area (Å²) >= 11 is 0. The Balaban J connectivity index is 1.30. The fraction of sp³-hybridized carbons (Fsp3) is 0.292. The molecule has 1 saturated heterocycles. The molecule has 3 aromatic rings. The summed E-state index contributed by atoms with van der Waals surface area (Å²) in [6, 6.07) is 17.6. The number of aromatic nitrogens is 1. The molecule has 160 valence electrons. The van der Waals surface area contributed by atoms with Crippen molar-refractivity contribution in [3.63, 3.8) is 0 Å². The van der Waals surface area contributed by atoms with Gasteiger partial charge in [0.05, 0.1) is 6.61 Å². The highest BCUT2D eigenvalue weighted by molar-refractivity contribution is 6.08. The van der Waals surface area contributed by atoms with Crippen LogP contribution in [0.15, 0.2) is 65.3 Å². The first-order valence-electron chi connectivity index (χ1n) is 10.4. The zero-order chi connectivity index (χ0) is 21.6. The first kappa shape index (κ1) is 20.8. The van der Waals surface area contributed by atoms with Crippen LogP contribution in [0.2, 0.25) is 0 Å². The van der Waals surface area contributed by atoms with E-state index in [4.69, 9.17) is 9.15 Å². The molecule has 0 radical (unpaired) electrons. The van der Waals surface area contributed by atoms with Gasteiger partial charge in [0.1, 0.15) is 6.26 Å². The maximum Gasteiger partial charge on any atom is 0.360 e. The van der Waals surface area contributed by atoms with Crippen molar-refractivity contribution < 1.29 is 18.7 Å². The molecule has 31 heavy (non-hydrogen) atoms. The van der Waals surface area contributed by atoms with Crippen LogP contribution in [0.25, 0.3) is 0 Å². The second-order valence-electron chi connectivity index (χ2n) is 7.39. The highest BCUT2D eigenvalue weighted by Gasteiger charge is 2.22. The summed E-state index contributed by atoms with van der Waals surface area (Å²) in [6.07, 6.45) is 1.35. The van der Waals surface area contributed by atoms with Gasteiger partial charge in [-0.2, -0.15) is 4.98 Å². The van der Waals surface area contributed by atoms with Gasteiger partial charge in [0.25, 0.3) is 6.01 Å². The van der Waals surface area contributed by atoms with E-state index in [0.717, 1.165) is 32.7 Å². The van der Waals surface area contributed by atoms with Crippen LogP contribution in [-0.2, 0) is 11.3 Å². The van der Waals surface area contributed by atoms with Gasteiger partial charge in [0.2, 0.25) is 0 Å². The third-order valence-corrected chi connectivity index (χ3v) is 5.28. The van der Waals surface area contributed by atoms with E-state index in [-0.39, 0.29) is 11.5 Å². The van der Waals surface area contributed by atoms with Gasteiger partial charge in [-0.05, 0) is 12.5 Å². The second-order valence-corrected chi connectivity index (χ2v) is 7.39. The minimum Gasteiger partial charge on any atom is -0.461 e. The summed E-state index contributed by atoms with van der Waals surface area (Å²) in [7, 11) is 0. The molecule has 1 fully saturated rings. The normalized spacial score (nSPS) is 14.4. The van der Waals surface area contributed by atoms with E-state index in [2.05, 4.69) is 9.88 Å².